The summed E-state index contributed by atoms with van der Waals surface area (Å²) >= 11 is 0. The average Bonchev–Trinajstić information content (AvgIpc) is 2.49. The molecule has 1 aliphatic rings. The van der Waals surface area contributed by atoms with Crippen molar-refractivity contribution in [3.8, 4) is 11.8 Å². The Morgan fingerprint density at radius 3 is 2.88 bits per heavy atom. The van der Waals surface area contributed by atoms with Gasteiger partial charge in [0.15, 0.2) is 5.60 Å². The number of benzene rings is 1. The van der Waals surface area contributed by atoms with Crippen LogP contribution >= 0.6 is 0 Å². The molecule has 0 saturated heterocycles. The highest BCUT2D eigenvalue weighted by atomic mass is 16.5. The van der Waals surface area contributed by atoms with Crippen molar-refractivity contribution >= 4 is 0 Å². The molecule has 1 aliphatic heterocycles. The molecule has 1 aromatic rings. The maximum absolute atomic E-state index is 10.4. The molecule has 0 amide bonds. The number of nitriles is 1. The Labute approximate surface area is 102 Å². The van der Waals surface area contributed by atoms with Crippen LogP contribution in [0, 0.1) is 11.3 Å². The minimum Gasteiger partial charge on any atom is -0.493 e. The molecule has 1 aromatic carbocycles. The van der Waals surface area contributed by atoms with Gasteiger partial charge in [-0.3, -0.25) is 0 Å². The van der Waals surface area contributed by atoms with Crippen molar-refractivity contribution in [3.63, 3.8) is 0 Å². The molecule has 1 heterocycles. The maximum atomic E-state index is 10.4. The Morgan fingerprint density at radius 2 is 2.24 bits per heavy atom. The summed E-state index contributed by atoms with van der Waals surface area (Å²) in [4.78, 5) is 0. The van der Waals surface area contributed by atoms with Crippen molar-refractivity contribution in [3.05, 3.63) is 29.3 Å². The maximum Gasteiger partial charge on any atom is 0.180 e. The molecule has 0 fully saturated rings. The lowest BCUT2D eigenvalue weighted by molar-refractivity contribution is 0.0884. The fourth-order valence-corrected chi connectivity index (χ4v) is 2.25. The van der Waals surface area contributed by atoms with E-state index in [-0.39, 0.29) is 0 Å². The average molecular weight is 231 g/mol. The van der Waals surface area contributed by atoms with Crippen molar-refractivity contribution in [1.82, 2.24) is 0 Å². The number of fused-ring (bicyclic) bond motifs is 1. The third-order valence-corrected chi connectivity index (χ3v) is 3.23. The summed E-state index contributed by atoms with van der Waals surface area (Å²) in [5.41, 5.74) is 0.262. The molecule has 3 nitrogen and oxygen atoms in total. The SMILES string of the molecule is CC(C)c1cccc2c1OCCCC2(O)C#N. The minimum atomic E-state index is -1.41. The Bertz CT molecular complexity index is 462. The molecule has 0 bridgehead atoms. The topological polar surface area (TPSA) is 53.2 Å². The number of ether oxygens (including phenoxy) is 1. The lowest BCUT2D eigenvalue weighted by atomic mass is 9.87. The van der Waals surface area contributed by atoms with Crippen LogP contribution < -0.4 is 4.74 Å². The summed E-state index contributed by atoms with van der Waals surface area (Å²) in [6, 6.07) is 7.68. The Morgan fingerprint density at radius 1 is 1.47 bits per heavy atom. The van der Waals surface area contributed by atoms with Gasteiger partial charge in [-0.15, -0.1) is 0 Å². The lowest BCUT2D eigenvalue weighted by Gasteiger charge is -2.22. The van der Waals surface area contributed by atoms with Crippen LogP contribution in [0.25, 0.3) is 0 Å². The zero-order chi connectivity index (χ0) is 12.5. The second kappa shape index (κ2) is 4.38. The van der Waals surface area contributed by atoms with E-state index in [9.17, 15) is 10.4 Å². The molecule has 0 aliphatic carbocycles. The summed E-state index contributed by atoms with van der Waals surface area (Å²) in [6.07, 6.45) is 1.12. The third-order valence-electron chi connectivity index (χ3n) is 3.23. The van der Waals surface area contributed by atoms with Crippen LogP contribution in [-0.2, 0) is 5.60 Å². The van der Waals surface area contributed by atoms with Gasteiger partial charge in [-0.05, 0) is 24.3 Å². The van der Waals surface area contributed by atoms with Crippen molar-refractivity contribution < 1.29 is 9.84 Å². The van der Waals surface area contributed by atoms with Crippen LogP contribution in [-0.4, -0.2) is 11.7 Å². The van der Waals surface area contributed by atoms with Gasteiger partial charge in [0.2, 0.25) is 0 Å². The second-order valence-corrected chi connectivity index (χ2v) is 4.80. The normalized spacial score (nSPS) is 23.5. The van der Waals surface area contributed by atoms with E-state index in [2.05, 4.69) is 13.8 Å². The Balaban J connectivity index is 2.62. The summed E-state index contributed by atoms with van der Waals surface area (Å²) in [5, 5.41) is 19.6. The van der Waals surface area contributed by atoms with E-state index in [1.54, 1.807) is 6.07 Å². The predicted octanol–water partition coefficient (Wildman–Crippen LogP) is 2.69. The first-order valence-corrected chi connectivity index (χ1v) is 5.98. The van der Waals surface area contributed by atoms with Gasteiger partial charge >= 0.3 is 0 Å². The molecule has 0 aromatic heterocycles. The van der Waals surface area contributed by atoms with Gasteiger partial charge in [-0.25, -0.2) is 0 Å². The smallest absolute Gasteiger partial charge is 0.180 e. The monoisotopic (exact) mass is 231 g/mol. The van der Waals surface area contributed by atoms with Gasteiger partial charge in [0, 0.05) is 5.56 Å². The van der Waals surface area contributed by atoms with Crippen LogP contribution in [0.15, 0.2) is 18.2 Å². The standard InChI is InChI=1S/C14H17NO2/c1-10(2)11-5-3-6-12-13(11)17-8-4-7-14(12,16)9-15/h3,5-6,10,16H,4,7-8H2,1-2H3. The largest absolute Gasteiger partial charge is 0.493 e. The van der Waals surface area contributed by atoms with Crippen molar-refractivity contribution in [2.75, 3.05) is 6.61 Å². The minimum absolute atomic E-state index is 0.311. The Hall–Kier alpha value is -1.53. The number of para-hydroxylation sites is 1. The highest BCUT2D eigenvalue weighted by Crippen LogP contribution is 2.40. The van der Waals surface area contributed by atoms with Crippen molar-refractivity contribution in [1.29, 1.82) is 5.26 Å². The van der Waals surface area contributed by atoms with Gasteiger partial charge < -0.3 is 9.84 Å². The quantitative estimate of drug-likeness (QED) is 0.756. The van der Waals surface area contributed by atoms with Crippen molar-refractivity contribution in [2.45, 2.75) is 38.2 Å². The van der Waals surface area contributed by atoms with E-state index >= 15 is 0 Å². The van der Waals surface area contributed by atoms with Gasteiger partial charge in [0.05, 0.1) is 6.61 Å². The molecule has 1 N–H and O–H groups in total. The molecule has 90 valence electrons. The van der Waals surface area contributed by atoms with Crippen LogP contribution in [0.2, 0.25) is 0 Å². The number of rotatable bonds is 1. The predicted molar refractivity (Wildman–Crippen MR) is 64.8 cm³/mol. The van der Waals surface area contributed by atoms with Crippen LogP contribution in [0.1, 0.15) is 43.7 Å². The van der Waals surface area contributed by atoms with E-state index < -0.39 is 5.60 Å². The first-order valence-electron chi connectivity index (χ1n) is 5.98. The zero-order valence-corrected chi connectivity index (χ0v) is 10.2. The molecule has 0 spiro atoms. The fourth-order valence-electron chi connectivity index (χ4n) is 2.25. The Kier molecular flexibility index (Phi) is 3.08. The van der Waals surface area contributed by atoms with E-state index in [0.717, 1.165) is 5.56 Å². The highest BCUT2D eigenvalue weighted by molar-refractivity contribution is 5.49. The second-order valence-electron chi connectivity index (χ2n) is 4.80. The summed E-state index contributed by atoms with van der Waals surface area (Å²) in [6.45, 7) is 4.71. The van der Waals surface area contributed by atoms with Crippen LogP contribution in [0.4, 0.5) is 0 Å². The van der Waals surface area contributed by atoms with Gasteiger partial charge in [0.1, 0.15) is 11.8 Å². The number of nitrogens with zero attached hydrogens (tertiary/aromatic N) is 1. The molecule has 1 atom stereocenters. The summed E-state index contributed by atoms with van der Waals surface area (Å²) in [7, 11) is 0. The number of aliphatic hydroxyl groups is 1. The molecule has 0 saturated carbocycles. The third kappa shape index (κ3) is 2.01. The van der Waals surface area contributed by atoms with Crippen LogP contribution in [0.3, 0.4) is 0 Å². The molecule has 0 radical (unpaired) electrons. The lowest BCUT2D eigenvalue weighted by Crippen LogP contribution is -2.22. The highest BCUT2D eigenvalue weighted by Gasteiger charge is 2.35. The molecule has 3 heteroatoms. The van der Waals surface area contributed by atoms with Crippen LogP contribution in [0.5, 0.6) is 5.75 Å². The molecular formula is C14H17NO2. The summed E-state index contributed by atoms with van der Waals surface area (Å²) < 4.78 is 5.73. The van der Waals surface area contributed by atoms with Gasteiger partial charge in [-0.2, -0.15) is 5.26 Å². The van der Waals surface area contributed by atoms with Gasteiger partial charge in [0.25, 0.3) is 0 Å². The van der Waals surface area contributed by atoms with Crippen molar-refractivity contribution in [2.24, 2.45) is 0 Å². The van der Waals surface area contributed by atoms with E-state index in [4.69, 9.17) is 4.74 Å². The molecular weight excluding hydrogens is 214 g/mol. The number of hydrogen-bond donors (Lipinski definition) is 1. The first kappa shape index (κ1) is 11.9. The van der Waals surface area contributed by atoms with E-state index in [1.165, 1.54) is 0 Å². The number of hydrogen-bond acceptors (Lipinski definition) is 3. The van der Waals surface area contributed by atoms with Gasteiger partial charge in [-0.1, -0.05) is 32.0 Å². The fraction of sp³-hybridized carbons (Fsp3) is 0.500. The summed E-state index contributed by atoms with van der Waals surface area (Å²) in [5.74, 6) is 1.01. The molecule has 17 heavy (non-hydrogen) atoms. The van der Waals surface area contributed by atoms with E-state index in [0.29, 0.717) is 36.7 Å². The molecule has 1 unspecified atom stereocenters. The zero-order valence-electron chi connectivity index (χ0n) is 10.2. The van der Waals surface area contributed by atoms with E-state index in [1.807, 2.05) is 18.2 Å². The molecule has 2 rings (SSSR count). The first-order chi connectivity index (χ1) is 8.08.